The van der Waals surface area contributed by atoms with Crippen LogP contribution >= 0.6 is 0 Å². The van der Waals surface area contributed by atoms with Crippen LogP contribution < -0.4 is 5.48 Å². The van der Waals surface area contributed by atoms with E-state index >= 15 is 0 Å². The zero-order valence-corrected chi connectivity index (χ0v) is 15.1. The smallest absolute Gasteiger partial charge is 0.274 e. The molecule has 1 aromatic carbocycles. The van der Waals surface area contributed by atoms with E-state index in [1.54, 1.807) is 17.6 Å². The summed E-state index contributed by atoms with van der Waals surface area (Å²) in [5, 5.41) is 8.66. The van der Waals surface area contributed by atoms with E-state index in [0.717, 1.165) is 26.2 Å². The number of allylic oxidation sites excluding steroid dienone is 1. The van der Waals surface area contributed by atoms with E-state index < -0.39 is 5.91 Å². The summed E-state index contributed by atoms with van der Waals surface area (Å²) in [6.07, 6.45) is 2.30. The van der Waals surface area contributed by atoms with Crippen LogP contribution in [0.4, 0.5) is 0 Å². The van der Waals surface area contributed by atoms with Gasteiger partial charge in [0, 0.05) is 43.8 Å². The van der Waals surface area contributed by atoms with Crippen molar-refractivity contribution >= 4 is 5.91 Å². The summed E-state index contributed by atoms with van der Waals surface area (Å²) in [6.45, 7) is 12.8. The molecule has 5 nitrogen and oxygen atoms in total. The molecule has 132 valence electrons. The molecule has 1 aromatic rings. The highest BCUT2D eigenvalue weighted by Gasteiger charge is 2.28. The number of hydrogen-bond acceptors (Lipinski definition) is 4. The first kappa shape index (κ1) is 18.6. The second-order valence-corrected chi connectivity index (χ2v) is 7.01. The molecule has 1 aliphatic heterocycles. The van der Waals surface area contributed by atoms with Crippen molar-refractivity contribution in [3.05, 3.63) is 47.0 Å². The van der Waals surface area contributed by atoms with Crippen molar-refractivity contribution in [2.45, 2.75) is 46.3 Å². The van der Waals surface area contributed by atoms with Crippen molar-refractivity contribution in [3.8, 4) is 0 Å². The van der Waals surface area contributed by atoms with Gasteiger partial charge >= 0.3 is 0 Å². The molecule has 1 saturated heterocycles. The van der Waals surface area contributed by atoms with Gasteiger partial charge in [-0.05, 0) is 45.4 Å². The number of rotatable bonds is 5. The minimum Gasteiger partial charge on any atom is -0.296 e. The summed E-state index contributed by atoms with van der Waals surface area (Å²) in [5.41, 5.74) is 4.67. The van der Waals surface area contributed by atoms with E-state index in [1.807, 2.05) is 12.1 Å². The summed E-state index contributed by atoms with van der Waals surface area (Å²) in [4.78, 5) is 16.4. The number of hydroxylamine groups is 1. The van der Waals surface area contributed by atoms with Crippen molar-refractivity contribution in [1.82, 2.24) is 15.3 Å². The Labute approximate surface area is 144 Å². The van der Waals surface area contributed by atoms with E-state index in [2.05, 4.69) is 43.6 Å². The molecule has 2 atom stereocenters. The third kappa shape index (κ3) is 4.90. The highest BCUT2D eigenvalue weighted by atomic mass is 16.5. The number of nitrogens with zero attached hydrogens (tertiary/aromatic N) is 2. The monoisotopic (exact) mass is 331 g/mol. The quantitative estimate of drug-likeness (QED) is 0.495. The number of benzene rings is 1. The molecule has 2 N–H and O–H groups in total. The van der Waals surface area contributed by atoms with Crippen LogP contribution in [0.1, 0.15) is 43.6 Å². The molecule has 0 unspecified atom stereocenters. The van der Waals surface area contributed by atoms with E-state index in [0.29, 0.717) is 17.6 Å². The summed E-state index contributed by atoms with van der Waals surface area (Å²) >= 11 is 0. The van der Waals surface area contributed by atoms with Gasteiger partial charge in [-0.15, -0.1) is 0 Å². The van der Waals surface area contributed by atoms with Gasteiger partial charge < -0.3 is 0 Å². The molecular weight excluding hydrogens is 302 g/mol. The minimum absolute atomic E-state index is 0.467. The van der Waals surface area contributed by atoms with Crippen LogP contribution in [0.15, 0.2) is 35.9 Å². The average molecular weight is 331 g/mol. The highest BCUT2D eigenvalue weighted by molar-refractivity contribution is 5.93. The second-order valence-electron chi connectivity index (χ2n) is 7.01. The molecule has 1 aliphatic rings. The molecule has 5 heteroatoms. The minimum atomic E-state index is -0.475. The van der Waals surface area contributed by atoms with Crippen LogP contribution in [0.5, 0.6) is 0 Å². The first-order chi connectivity index (χ1) is 11.4. The Balaban J connectivity index is 1.95. The Morgan fingerprint density at radius 1 is 1.21 bits per heavy atom. The number of carbonyl (C=O) groups is 1. The Morgan fingerprint density at radius 3 is 2.29 bits per heavy atom. The number of nitrogens with one attached hydrogen (secondary N) is 1. The van der Waals surface area contributed by atoms with E-state index in [1.165, 1.54) is 11.1 Å². The molecule has 0 spiro atoms. The second kappa shape index (κ2) is 8.42. The van der Waals surface area contributed by atoms with E-state index in [4.69, 9.17) is 5.21 Å². The van der Waals surface area contributed by atoms with Gasteiger partial charge in [0.25, 0.3) is 5.91 Å². The van der Waals surface area contributed by atoms with Crippen molar-refractivity contribution in [3.63, 3.8) is 0 Å². The van der Waals surface area contributed by atoms with Crippen LogP contribution in [0.2, 0.25) is 0 Å². The standard InChI is InChI=1S/C19H29N3O2/c1-14(2)9-10-22-15(3)11-21(12-16(22)4)13-17-5-7-18(8-6-17)19(23)20-24/h5-9,15-16,24H,10-13H2,1-4H3,(H,20,23)/t15-,16+. The van der Waals surface area contributed by atoms with Crippen LogP contribution in [0, 0.1) is 0 Å². The lowest BCUT2D eigenvalue weighted by atomic mass is 10.1. The predicted molar refractivity (Wildman–Crippen MR) is 96.0 cm³/mol. The summed E-state index contributed by atoms with van der Waals surface area (Å²) < 4.78 is 0. The normalized spacial score (nSPS) is 22.2. The summed E-state index contributed by atoms with van der Waals surface area (Å²) in [7, 11) is 0. The van der Waals surface area contributed by atoms with Crippen LogP contribution in [-0.4, -0.2) is 52.6 Å². The van der Waals surface area contributed by atoms with Crippen molar-refractivity contribution in [1.29, 1.82) is 0 Å². The molecule has 0 aliphatic carbocycles. The maximum Gasteiger partial charge on any atom is 0.274 e. The highest BCUT2D eigenvalue weighted by Crippen LogP contribution is 2.18. The Hall–Kier alpha value is -1.69. The number of amides is 1. The van der Waals surface area contributed by atoms with Gasteiger partial charge in [0.1, 0.15) is 0 Å². The molecule has 2 rings (SSSR count). The Bertz CT molecular complexity index is 567. The van der Waals surface area contributed by atoms with Crippen LogP contribution in [0.3, 0.4) is 0 Å². The van der Waals surface area contributed by atoms with Crippen molar-refractivity contribution in [2.75, 3.05) is 19.6 Å². The predicted octanol–water partition coefficient (Wildman–Crippen LogP) is 2.67. The average Bonchev–Trinajstić information content (AvgIpc) is 2.53. The van der Waals surface area contributed by atoms with Gasteiger partial charge in [0.2, 0.25) is 0 Å². The largest absolute Gasteiger partial charge is 0.296 e. The maximum absolute atomic E-state index is 11.4. The molecule has 24 heavy (non-hydrogen) atoms. The molecular formula is C19H29N3O2. The zero-order valence-electron chi connectivity index (χ0n) is 15.1. The molecule has 0 bridgehead atoms. The summed E-state index contributed by atoms with van der Waals surface area (Å²) in [5.74, 6) is -0.475. The lowest BCUT2D eigenvalue weighted by molar-refractivity contribution is 0.0439. The van der Waals surface area contributed by atoms with Gasteiger partial charge in [-0.1, -0.05) is 23.8 Å². The molecule has 1 heterocycles. The van der Waals surface area contributed by atoms with Crippen LogP contribution in [0.25, 0.3) is 0 Å². The first-order valence-electron chi connectivity index (χ1n) is 8.55. The van der Waals surface area contributed by atoms with Gasteiger partial charge in [0.15, 0.2) is 0 Å². The lowest BCUT2D eigenvalue weighted by Gasteiger charge is -2.44. The van der Waals surface area contributed by atoms with Gasteiger partial charge in [-0.2, -0.15) is 0 Å². The fraction of sp³-hybridized carbons (Fsp3) is 0.526. The lowest BCUT2D eigenvalue weighted by Crippen LogP contribution is -2.56. The van der Waals surface area contributed by atoms with Gasteiger partial charge in [-0.3, -0.25) is 19.8 Å². The number of piperazine rings is 1. The van der Waals surface area contributed by atoms with Gasteiger partial charge in [-0.25, -0.2) is 5.48 Å². The van der Waals surface area contributed by atoms with Crippen molar-refractivity contribution < 1.29 is 10.0 Å². The molecule has 0 saturated carbocycles. The van der Waals surface area contributed by atoms with Crippen LogP contribution in [-0.2, 0) is 6.54 Å². The SMILES string of the molecule is CC(C)=CCN1[C@H](C)CN(Cc2ccc(C(=O)NO)cc2)C[C@@H]1C. The molecule has 1 amide bonds. The zero-order chi connectivity index (χ0) is 17.7. The summed E-state index contributed by atoms with van der Waals surface area (Å²) in [6, 6.07) is 8.44. The van der Waals surface area contributed by atoms with E-state index in [-0.39, 0.29) is 0 Å². The third-order valence-electron chi connectivity index (χ3n) is 4.61. The van der Waals surface area contributed by atoms with E-state index in [9.17, 15) is 4.79 Å². The van der Waals surface area contributed by atoms with Crippen molar-refractivity contribution in [2.24, 2.45) is 0 Å². The molecule has 1 fully saturated rings. The first-order valence-corrected chi connectivity index (χ1v) is 8.55. The fourth-order valence-electron chi connectivity index (χ4n) is 3.33. The number of carbonyl (C=O) groups excluding carboxylic acids is 1. The Kier molecular flexibility index (Phi) is 6.54. The number of hydrogen-bond donors (Lipinski definition) is 2. The Morgan fingerprint density at radius 2 is 1.79 bits per heavy atom. The fourth-order valence-corrected chi connectivity index (χ4v) is 3.33. The molecule has 0 radical (unpaired) electrons. The maximum atomic E-state index is 11.4. The molecule has 0 aromatic heterocycles. The topological polar surface area (TPSA) is 55.8 Å². The van der Waals surface area contributed by atoms with Gasteiger partial charge in [0.05, 0.1) is 0 Å². The third-order valence-corrected chi connectivity index (χ3v) is 4.61.